The molecule has 31 heavy (non-hydrogen) atoms. The lowest BCUT2D eigenvalue weighted by molar-refractivity contribution is 0.0597. The quantitative estimate of drug-likeness (QED) is 0.614. The van der Waals surface area contributed by atoms with Crippen molar-refractivity contribution in [1.29, 1.82) is 0 Å². The Labute approximate surface area is 183 Å². The molecule has 1 aliphatic heterocycles. The summed E-state index contributed by atoms with van der Waals surface area (Å²) in [7, 11) is 3.97. The molecule has 0 spiro atoms. The van der Waals surface area contributed by atoms with Crippen LogP contribution in [0.5, 0.6) is 0 Å². The fraction of sp³-hybridized carbons (Fsp3) is 0.269. The molecule has 4 rings (SSSR count). The molecule has 1 heterocycles. The first-order valence-electron chi connectivity index (χ1n) is 10.6. The molecule has 0 bridgehead atoms. The van der Waals surface area contributed by atoms with Crippen molar-refractivity contribution in [3.8, 4) is 0 Å². The van der Waals surface area contributed by atoms with Gasteiger partial charge in [-0.2, -0.15) is 0 Å². The van der Waals surface area contributed by atoms with Crippen LogP contribution in [-0.4, -0.2) is 56.0 Å². The predicted octanol–water partition coefficient (Wildman–Crippen LogP) is 4.44. The van der Waals surface area contributed by atoms with Crippen LogP contribution in [0.2, 0.25) is 0 Å². The lowest BCUT2D eigenvalue weighted by Crippen LogP contribution is -2.49. The normalized spacial score (nSPS) is 15.5. The van der Waals surface area contributed by atoms with Crippen molar-refractivity contribution in [3.05, 3.63) is 101 Å². The highest BCUT2D eigenvalue weighted by Gasteiger charge is 2.28. The third kappa shape index (κ3) is 4.78. The van der Waals surface area contributed by atoms with Gasteiger partial charge in [0, 0.05) is 51.5 Å². The lowest BCUT2D eigenvalue weighted by Gasteiger charge is -2.39. The average Bonchev–Trinajstić information content (AvgIpc) is 2.81. The van der Waals surface area contributed by atoms with Gasteiger partial charge in [-0.3, -0.25) is 9.69 Å². The van der Waals surface area contributed by atoms with Crippen molar-refractivity contribution in [2.75, 3.05) is 45.2 Å². The molecule has 0 aliphatic carbocycles. The monoisotopic (exact) mass is 417 g/mol. The molecule has 3 aromatic carbocycles. The van der Waals surface area contributed by atoms with Gasteiger partial charge in [0.05, 0.1) is 6.04 Å². The second-order valence-corrected chi connectivity index (χ2v) is 8.13. The van der Waals surface area contributed by atoms with E-state index in [1.54, 1.807) is 0 Å². The van der Waals surface area contributed by atoms with E-state index in [0.29, 0.717) is 13.1 Å². The van der Waals surface area contributed by atoms with Crippen molar-refractivity contribution in [3.63, 3.8) is 0 Å². The number of anilines is 1. The van der Waals surface area contributed by atoms with Crippen molar-refractivity contribution < 1.29 is 9.18 Å². The Morgan fingerprint density at radius 1 is 0.806 bits per heavy atom. The number of hydrogen-bond acceptors (Lipinski definition) is 3. The fourth-order valence-corrected chi connectivity index (χ4v) is 4.16. The first-order chi connectivity index (χ1) is 15.0. The molecule has 5 heteroatoms. The zero-order valence-corrected chi connectivity index (χ0v) is 18.0. The molecule has 0 saturated carbocycles. The van der Waals surface area contributed by atoms with Gasteiger partial charge in [-0.1, -0.05) is 42.5 Å². The zero-order valence-electron chi connectivity index (χ0n) is 18.0. The van der Waals surface area contributed by atoms with Gasteiger partial charge in [0.25, 0.3) is 5.91 Å². The molecule has 0 aromatic heterocycles. The SMILES string of the molecule is CN(C)c1ccc(C(=O)N2CCN([C@H](c3ccccc3)c3ccc(F)cc3)CC2)cc1. The molecule has 0 N–H and O–H groups in total. The summed E-state index contributed by atoms with van der Waals surface area (Å²) >= 11 is 0. The van der Waals surface area contributed by atoms with Gasteiger partial charge in [-0.15, -0.1) is 0 Å². The largest absolute Gasteiger partial charge is 0.378 e. The lowest BCUT2D eigenvalue weighted by atomic mass is 9.96. The van der Waals surface area contributed by atoms with Gasteiger partial charge in [-0.05, 0) is 47.5 Å². The maximum Gasteiger partial charge on any atom is 0.253 e. The van der Waals surface area contributed by atoms with Gasteiger partial charge in [0.15, 0.2) is 0 Å². The first kappa shape index (κ1) is 21.1. The highest BCUT2D eigenvalue weighted by molar-refractivity contribution is 5.94. The molecule has 3 aromatic rings. The van der Waals surface area contributed by atoms with Crippen LogP contribution >= 0.6 is 0 Å². The molecule has 1 saturated heterocycles. The van der Waals surface area contributed by atoms with E-state index >= 15 is 0 Å². The highest BCUT2D eigenvalue weighted by atomic mass is 19.1. The average molecular weight is 418 g/mol. The standard InChI is InChI=1S/C26H28FN3O/c1-28(2)24-14-10-22(11-15-24)26(31)30-18-16-29(17-19-30)25(20-6-4-3-5-7-20)21-8-12-23(27)13-9-21/h3-15,25H,16-19H2,1-2H3/t25-/m1/s1. The molecule has 1 aliphatic rings. The third-order valence-electron chi connectivity index (χ3n) is 5.90. The van der Waals surface area contributed by atoms with Gasteiger partial charge < -0.3 is 9.80 Å². The van der Waals surface area contributed by atoms with Crippen LogP contribution in [0, 0.1) is 5.82 Å². The van der Waals surface area contributed by atoms with Crippen molar-refractivity contribution >= 4 is 11.6 Å². The van der Waals surface area contributed by atoms with Crippen LogP contribution in [0.1, 0.15) is 27.5 Å². The molecule has 1 fully saturated rings. The summed E-state index contributed by atoms with van der Waals surface area (Å²) in [6.45, 7) is 2.86. The molecule has 4 nitrogen and oxygen atoms in total. The van der Waals surface area contributed by atoms with E-state index in [1.807, 2.05) is 78.5 Å². The summed E-state index contributed by atoms with van der Waals surface area (Å²) in [6, 6.07) is 24.8. The van der Waals surface area contributed by atoms with Crippen molar-refractivity contribution in [2.45, 2.75) is 6.04 Å². The minimum absolute atomic E-state index is 0.0402. The zero-order chi connectivity index (χ0) is 21.8. The van der Waals surface area contributed by atoms with Crippen LogP contribution < -0.4 is 4.90 Å². The second kappa shape index (κ2) is 9.31. The van der Waals surface area contributed by atoms with E-state index in [2.05, 4.69) is 17.0 Å². The number of rotatable bonds is 5. The van der Waals surface area contributed by atoms with Crippen molar-refractivity contribution in [1.82, 2.24) is 9.80 Å². The van der Waals surface area contributed by atoms with E-state index < -0.39 is 0 Å². The van der Waals surface area contributed by atoms with E-state index in [-0.39, 0.29) is 17.8 Å². The maximum atomic E-state index is 13.5. The number of halogens is 1. The molecule has 160 valence electrons. The molecular weight excluding hydrogens is 389 g/mol. The molecule has 1 amide bonds. The Balaban J connectivity index is 1.48. The minimum Gasteiger partial charge on any atom is -0.378 e. The Morgan fingerprint density at radius 3 is 1.97 bits per heavy atom. The Morgan fingerprint density at radius 2 is 1.39 bits per heavy atom. The minimum atomic E-state index is -0.230. The van der Waals surface area contributed by atoms with E-state index in [4.69, 9.17) is 0 Å². The Hall–Kier alpha value is -3.18. The summed E-state index contributed by atoms with van der Waals surface area (Å²) in [6.07, 6.45) is 0. The molecular formula is C26H28FN3O. The number of piperazine rings is 1. The topological polar surface area (TPSA) is 26.8 Å². The Bertz CT molecular complexity index is 995. The van der Waals surface area contributed by atoms with Gasteiger partial charge in [-0.25, -0.2) is 4.39 Å². The molecule has 0 unspecified atom stereocenters. The highest BCUT2D eigenvalue weighted by Crippen LogP contribution is 2.30. The number of amides is 1. The van der Waals surface area contributed by atoms with Crippen LogP contribution in [-0.2, 0) is 0 Å². The van der Waals surface area contributed by atoms with Crippen LogP contribution in [0.15, 0.2) is 78.9 Å². The maximum absolute atomic E-state index is 13.5. The summed E-state index contributed by atoms with van der Waals surface area (Å²) in [5, 5.41) is 0. The van der Waals surface area contributed by atoms with Crippen LogP contribution in [0.3, 0.4) is 0 Å². The third-order valence-corrected chi connectivity index (χ3v) is 5.90. The van der Waals surface area contributed by atoms with Crippen LogP contribution in [0.25, 0.3) is 0 Å². The van der Waals surface area contributed by atoms with Gasteiger partial charge >= 0.3 is 0 Å². The number of hydrogen-bond donors (Lipinski definition) is 0. The number of carbonyl (C=O) groups excluding carboxylic acids is 1. The fourth-order valence-electron chi connectivity index (χ4n) is 4.16. The van der Waals surface area contributed by atoms with Crippen LogP contribution in [0.4, 0.5) is 10.1 Å². The van der Waals surface area contributed by atoms with E-state index in [9.17, 15) is 9.18 Å². The molecule has 0 radical (unpaired) electrons. The Kier molecular flexibility index (Phi) is 6.33. The smallest absolute Gasteiger partial charge is 0.253 e. The van der Waals surface area contributed by atoms with E-state index in [0.717, 1.165) is 29.9 Å². The molecule has 1 atom stereocenters. The predicted molar refractivity (Wildman–Crippen MR) is 123 cm³/mol. The number of carbonyl (C=O) groups is 1. The van der Waals surface area contributed by atoms with Gasteiger partial charge in [0.2, 0.25) is 0 Å². The summed E-state index contributed by atoms with van der Waals surface area (Å²) < 4.78 is 13.5. The van der Waals surface area contributed by atoms with Gasteiger partial charge in [0.1, 0.15) is 5.82 Å². The van der Waals surface area contributed by atoms with E-state index in [1.165, 1.54) is 17.7 Å². The summed E-state index contributed by atoms with van der Waals surface area (Å²) in [5.74, 6) is -0.158. The first-order valence-corrected chi connectivity index (χ1v) is 10.6. The summed E-state index contributed by atoms with van der Waals surface area (Å²) in [4.78, 5) is 19.3. The van der Waals surface area contributed by atoms with Crippen molar-refractivity contribution in [2.24, 2.45) is 0 Å². The number of nitrogens with zero attached hydrogens (tertiary/aromatic N) is 3. The number of benzene rings is 3. The second-order valence-electron chi connectivity index (χ2n) is 8.13. The summed E-state index contributed by atoms with van der Waals surface area (Å²) in [5.41, 5.74) is 4.03.